The normalized spacial score (nSPS) is 10.4. The predicted octanol–water partition coefficient (Wildman–Crippen LogP) is 0.0889. The van der Waals surface area contributed by atoms with Crippen molar-refractivity contribution in [3.63, 3.8) is 0 Å². The van der Waals surface area contributed by atoms with E-state index in [1.807, 2.05) is 24.4 Å². The first-order chi connectivity index (χ1) is 10.6. The van der Waals surface area contributed by atoms with Crippen LogP contribution in [0, 0.1) is 10.8 Å². The van der Waals surface area contributed by atoms with Crippen LogP contribution in [0.5, 0.6) is 5.75 Å². The van der Waals surface area contributed by atoms with Gasteiger partial charge in [-0.2, -0.15) is 0 Å². The zero-order valence-corrected chi connectivity index (χ0v) is 12.1. The second kappa shape index (κ2) is 7.32. The van der Waals surface area contributed by atoms with Gasteiger partial charge < -0.3 is 25.9 Å². The van der Waals surface area contributed by atoms with Crippen LogP contribution >= 0.6 is 0 Å². The van der Waals surface area contributed by atoms with Crippen LogP contribution < -0.4 is 21.1 Å². The van der Waals surface area contributed by atoms with Crippen LogP contribution in [0.4, 0.5) is 0 Å². The van der Waals surface area contributed by atoms with Gasteiger partial charge in [0.15, 0.2) is 11.9 Å². The van der Waals surface area contributed by atoms with Crippen molar-refractivity contribution in [2.75, 3.05) is 19.8 Å². The zero-order chi connectivity index (χ0) is 15.9. The molecule has 22 heavy (non-hydrogen) atoms. The van der Waals surface area contributed by atoms with E-state index in [1.54, 1.807) is 0 Å². The van der Waals surface area contributed by atoms with Crippen LogP contribution in [0.3, 0.4) is 0 Å². The monoisotopic (exact) mass is 304 g/mol. The molecule has 0 radical (unpaired) electrons. The van der Waals surface area contributed by atoms with E-state index in [4.69, 9.17) is 26.4 Å². The van der Waals surface area contributed by atoms with Gasteiger partial charge in [0.05, 0.1) is 6.61 Å². The Labute approximate surface area is 127 Å². The van der Waals surface area contributed by atoms with Crippen molar-refractivity contribution >= 4 is 22.8 Å². The molecule has 0 saturated carbocycles. The van der Waals surface area contributed by atoms with Crippen molar-refractivity contribution in [3.8, 4) is 5.75 Å². The van der Waals surface area contributed by atoms with Crippen LogP contribution in [0.1, 0.15) is 5.56 Å². The Balaban J connectivity index is 1.98. The Morgan fingerprint density at radius 2 is 2.18 bits per heavy atom. The summed E-state index contributed by atoms with van der Waals surface area (Å²) in [5, 5.41) is 29.6. The van der Waals surface area contributed by atoms with Gasteiger partial charge in [-0.05, 0) is 30.2 Å². The fraction of sp³-hybridized carbons (Fsp3) is 0.286. The maximum atomic E-state index is 8.80. The molecule has 8 N–H and O–H groups in total. The highest BCUT2D eigenvalue weighted by Gasteiger charge is 2.06. The number of H-pyrrole nitrogens is 1. The van der Waals surface area contributed by atoms with Crippen molar-refractivity contribution in [3.05, 3.63) is 30.0 Å². The van der Waals surface area contributed by atoms with Gasteiger partial charge in [-0.3, -0.25) is 16.1 Å². The van der Waals surface area contributed by atoms with Crippen LogP contribution in [0.25, 0.3) is 10.9 Å². The molecule has 0 bridgehead atoms. The van der Waals surface area contributed by atoms with Crippen LogP contribution in [0.15, 0.2) is 24.4 Å². The molecule has 118 valence electrons. The lowest BCUT2D eigenvalue weighted by atomic mass is 10.1. The molecule has 0 amide bonds. The Hall–Kier alpha value is -2.74. The maximum Gasteiger partial charge on any atom is 0.195 e. The number of aliphatic hydroxyl groups excluding tert-OH is 1. The largest absolute Gasteiger partial charge is 0.491 e. The lowest BCUT2D eigenvalue weighted by Gasteiger charge is -2.08. The number of hydrogen-bond donors (Lipinski definition) is 7. The third-order valence-electron chi connectivity index (χ3n) is 3.05. The third kappa shape index (κ3) is 4.13. The van der Waals surface area contributed by atoms with Crippen LogP contribution in [-0.2, 0) is 6.42 Å². The number of rotatable bonds is 6. The first-order valence-electron chi connectivity index (χ1n) is 6.87. The second-order valence-electron chi connectivity index (χ2n) is 4.68. The molecule has 0 aliphatic heterocycles. The molecule has 0 saturated heterocycles. The SMILES string of the molecule is N=C(N)NC(=N)NCCc1c[nH]c2ccc(OCCO)cc12. The highest BCUT2D eigenvalue weighted by molar-refractivity contribution is 5.94. The Kier molecular flexibility index (Phi) is 5.21. The van der Waals surface area contributed by atoms with Crippen LogP contribution in [0.2, 0.25) is 0 Å². The zero-order valence-electron chi connectivity index (χ0n) is 12.1. The standard InChI is InChI=1S/C14H20N6O2/c15-13(16)20-14(17)18-4-3-9-8-19-12-2-1-10(7-11(9)12)22-6-5-21/h1-2,7-8,19,21H,3-6H2,(H6,15,16,17,18,20). The van der Waals surface area contributed by atoms with E-state index in [0.29, 0.717) is 18.7 Å². The molecule has 1 heterocycles. The Bertz CT molecular complexity index is 666. The lowest BCUT2D eigenvalue weighted by molar-refractivity contribution is 0.201. The summed E-state index contributed by atoms with van der Waals surface area (Å²) in [4.78, 5) is 3.19. The average molecular weight is 304 g/mol. The van der Waals surface area contributed by atoms with Gasteiger partial charge in [0.2, 0.25) is 0 Å². The van der Waals surface area contributed by atoms with Gasteiger partial charge in [0.1, 0.15) is 12.4 Å². The van der Waals surface area contributed by atoms with Crippen molar-refractivity contribution in [2.45, 2.75) is 6.42 Å². The van der Waals surface area contributed by atoms with Gasteiger partial charge in [-0.1, -0.05) is 0 Å². The molecule has 0 aliphatic rings. The first-order valence-corrected chi connectivity index (χ1v) is 6.87. The van der Waals surface area contributed by atoms with Crippen molar-refractivity contribution in [1.29, 1.82) is 10.8 Å². The molecule has 1 aromatic heterocycles. The number of fused-ring (bicyclic) bond motifs is 1. The highest BCUT2D eigenvalue weighted by Crippen LogP contribution is 2.24. The molecule has 0 spiro atoms. The van der Waals surface area contributed by atoms with E-state index in [1.165, 1.54) is 0 Å². The van der Waals surface area contributed by atoms with Crippen molar-refractivity contribution in [2.24, 2.45) is 5.73 Å². The Morgan fingerprint density at radius 3 is 2.91 bits per heavy atom. The van der Waals surface area contributed by atoms with Gasteiger partial charge in [-0.15, -0.1) is 0 Å². The summed E-state index contributed by atoms with van der Waals surface area (Å²) in [6, 6.07) is 5.71. The number of benzene rings is 1. The van der Waals surface area contributed by atoms with Gasteiger partial charge in [0.25, 0.3) is 0 Å². The summed E-state index contributed by atoms with van der Waals surface area (Å²) < 4.78 is 5.41. The number of ether oxygens (including phenoxy) is 1. The van der Waals surface area contributed by atoms with E-state index in [2.05, 4.69) is 15.6 Å². The van der Waals surface area contributed by atoms with E-state index in [0.717, 1.165) is 16.5 Å². The summed E-state index contributed by atoms with van der Waals surface area (Å²) in [5.74, 6) is 0.441. The van der Waals surface area contributed by atoms with Gasteiger partial charge in [-0.25, -0.2) is 0 Å². The topological polar surface area (TPSA) is 143 Å². The van der Waals surface area contributed by atoms with Gasteiger partial charge >= 0.3 is 0 Å². The number of aromatic amines is 1. The minimum atomic E-state index is -0.268. The maximum absolute atomic E-state index is 8.80. The van der Waals surface area contributed by atoms with Crippen molar-refractivity contribution < 1.29 is 9.84 Å². The number of guanidine groups is 2. The summed E-state index contributed by atoms with van der Waals surface area (Å²) in [6.45, 7) is 0.779. The Morgan fingerprint density at radius 1 is 1.36 bits per heavy atom. The molecule has 8 heteroatoms. The minimum Gasteiger partial charge on any atom is -0.491 e. The molecular formula is C14H20N6O2. The summed E-state index contributed by atoms with van der Waals surface area (Å²) in [7, 11) is 0. The highest BCUT2D eigenvalue weighted by atomic mass is 16.5. The molecule has 0 fully saturated rings. The van der Waals surface area contributed by atoms with E-state index < -0.39 is 0 Å². The fourth-order valence-corrected chi connectivity index (χ4v) is 2.12. The quantitative estimate of drug-likeness (QED) is 0.299. The smallest absolute Gasteiger partial charge is 0.195 e. The average Bonchev–Trinajstić information content (AvgIpc) is 2.87. The molecule has 8 nitrogen and oxygen atoms in total. The molecule has 0 unspecified atom stereocenters. The number of nitrogens with two attached hydrogens (primary N) is 1. The third-order valence-corrected chi connectivity index (χ3v) is 3.05. The molecule has 2 aromatic rings. The van der Waals surface area contributed by atoms with Crippen LogP contribution in [-0.4, -0.2) is 41.8 Å². The second-order valence-corrected chi connectivity index (χ2v) is 4.68. The molecule has 0 atom stereocenters. The van der Waals surface area contributed by atoms with Gasteiger partial charge in [0, 0.05) is 23.6 Å². The number of nitrogens with one attached hydrogen (secondary N) is 5. The van der Waals surface area contributed by atoms with Crippen molar-refractivity contribution in [1.82, 2.24) is 15.6 Å². The lowest BCUT2D eigenvalue weighted by Crippen LogP contribution is -2.43. The summed E-state index contributed by atoms with van der Waals surface area (Å²) >= 11 is 0. The summed E-state index contributed by atoms with van der Waals surface area (Å²) in [5.41, 5.74) is 7.24. The first kappa shape index (κ1) is 15.6. The fourth-order valence-electron chi connectivity index (χ4n) is 2.12. The molecule has 2 rings (SSSR count). The van der Waals surface area contributed by atoms with E-state index >= 15 is 0 Å². The molecular weight excluding hydrogens is 284 g/mol. The summed E-state index contributed by atoms with van der Waals surface area (Å²) in [6.07, 6.45) is 2.62. The van der Waals surface area contributed by atoms with E-state index in [9.17, 15) is 0 Å². The van der Waals surface area contributed by atoms with E-state index in [-0.39, 0.29) is 25.1 Å². The molecule has 1 aromatic carbocycles. The minimum absolute atomic E-state index is 0.000639. The number of aromatic nitrogens is 1. The predicted molar refractivity (Wildman–Crippen MR) is 85.4 cm³/mol. The molecule has 0 aliphatic carbocycles. The number of aliphatic hydroxyl groups is 1. The number of hydrogen-bond acceptors (Lipinski definition) is 4.